The van der Waals surface area contributed by atoms with Crippen molar-refractivity contribution in [1.29, 1.82) is 0 Å². The van der Waals surface area contributed by atoms with Crippen molar-refractivity contribution in [2.45, 2.75) is 19.8 Å². The van der Waals surface area contributed by atoms with E-state index in [2.05, 4.69) is 25.2 Å². The van der Waals surface area contributed by atoms with Crippen molar-refractivity contribution in [2.24, 2.45) is 4.99 Å². The van der Waals surface area contributed by atoms with Gasteiger partial charge >= 0.3 is 0 Å². The van der Waals surface area contributed by atoms with Gasteiger partial charge in [-0.25, -0.2) is 9.98 Å². The van der Waals surface area contributed by atoms with Crippen LogP contribution in [0.5, 0.6) is 0 Å². The van der Waals surface area contributed by atoms with Crippen LogP contribution in [-0.2, 0) is 0 Å². The van der Waals surface area contributed by atoms with E-state index in [1.807, 2.05) is 24.5 Å². The lowest BCUT2D eigenvalue weighted by Gasteiger charge is -2.04. The molecule has 0 fully saturated rings. The third kappa shape index (κ3) is 2.28. The SMILES string of the molecule is CSC1=Nc2ccccc2Nc2sc(C(C)C)nc21. The minimum absolute atomic E-state index is 0.442. The van der Waals surface area contributed by atoms with Gasteiger partial charge in [-0.3, -0.25) is 0 Å². The molecule has 5 heteroatoms. The van der Waals surface area contributed by atoms with E-state index in [-0.39, 0.29) is 0 Å². The van der Waals surface area contributed by atoms with Gasteiger partial charge in [-0.05, 0) is 18.4 Å². The summed E-state index contributed by atoms with van der Waals surface area (Å²) in [6, 6.07) is 8.11. The van der Waals surface area contributed by atoms with Gasteiger partial charge in [-0.2, -0.15) is 0 Å². The first-order chi connectivity index (χ1) is 9.19. The van der Waals surface area contributed by atoms with Gasteiger partial charge < -0.3 is 5.32 Å². The van der Waals surface area contributed by atoms with Crippen LogP contribution in [0.25, 0.3) is 0 Å². The summed E-state index contributed by atoms with van der Waals surface area (Å²) >= 11 is 3.37. The van der Waals surface area contributed by atoms with Crippen LogP contribution in [-0.4, -0.2) is 16.3 Å². The Labute approximate surface area is 121 Å². The maximum Gasteiger partial charge on any atom is 0.130 e. The van der Waals surface area contributed by atoms with E-state index in [1.54, 1.807) is 23.1 Å². The Morgan fingerprint density at radius 2 is 2.05 bits per heavy atom. The molecule has 1 aliphatic heterocycles. The zero-order valence-corrected chi connectivity index (χ0v) is 12.7. The molecule has 0 unspecified atom stereocenters. The molecular weight excluding hydrogens is 274 g/mol. The van der Waals surface area contributed by atoms with Crippen LogP contribution in [0.1, 0.15) is 30.5 Å². The number of fused-ring (bicyclic) bond motifs is 2. The molecule has 0 spiro atoms. The summed E-state index contributed by atoms with van der Waals surface area (Å²) in [4.78, 5) is 9.48. The predicted molar refractivity (Wildman–Crippen MR) is 85.6 cm³/mol. The number of para-hydroxylation sites is 2. The maximum atomic E-state index is 4.75. The first-order valence-electron chi connectivity index (χ1n) is 6.19. The lowest BCUT2D eigenvalue weighted by Crippen LogP contribution is -1.97. The highest BCUT2D eigenvalue weighted by Gasteiger charge is 2.21. The molecule has 0 atom stereocenters. The molecule has 0 amide bonds. The third-order valence-electron chi connectivity index (χ3n) is 2.91. The van der Waals surface area contributed by atoms with E-state index in [1.165, 1.54) is 0 Å². The molecular formula is C14H15N3S2. The molecule has 0 aliphatic carbocycles. The van der Waals surface area contributed by atoms with Crippen molar-refractivity contribution in [1.82, 2.24) is 4.98 Å². The topological polar surface area (TPSA) is 37.3 Å². The molecule has 2 heterocycles. The van der Waals surface area contributed by atoms with E-state index in [0.29, 0.717) is 5.92 Å². The molecule has 0 saturated carbocycles. The zero-order chi connectivity index (χ0) is 13.4. The standard InChI is InChI=1S/C14H15N3S2/c1-8(2)12-17-11-13(18-3)15-9-6-4-5-7-10(9)16-14(11)19-12/h4-8,16H,1-3H3. The van der Waals surface area contributed by atoms with Crippen LogP contribution in [0, 0.1) is 0 Å². The molecule has 1 aliphatic rings. The van der Waals surface area contributed by atoms with Crippen LogP contribution < -0.4 is 5.32 Å². The number of nitrogens with zero attached hydrogens (tertiary/aromatic N) is 2. The van der Waals surface area contributed by atoms with Gasteiger partial charge in [0.25, 0.3) is 0 Å². The summed E-state index contributed by atoms with van der Waals surface area (Å²) in [5, 5.41) is 6.70. The van der Waals surface area contributed by atoms with Gasteiger partial charge in [-0.1, -0.05) is 26.0 Å². The fourth-order valence-electron chi connectivity index (χ4n) is 1.92. The minimum atomic E-state index is 0.442. The van der Waals surface area contributed by atoms with Gasteiger partial charge in [0.15, 0.2) is 0 Å². The fraction of sp³-hybridized carbons (Fsp3) is 0.286. The molecule has 1 aromatic heterocycles. The Morgan fingerprint density at radius 3 is 2.79 bits per heavy atom. The second kappa shape index (κ2) is 4.98. The smallest absolute Gasteiger partial charge is 0.130 e. The average Bonchev–Trinajstić information content (AvgIpc) is 2.76. The van der Waals surface area contributed by atoms with Gasteiger partial charge in [-0.15, -0.1) is 23.1 Å². The summed E-state index contributed by atoms with van der Waals surface area (Å²) in [6.07, 6.45) is 2.05. The van der Waals surface area contributed by atoms with Gasteiger partial charge in [0.2, 0.25) is 0 Å². The molecule has 1 N–H and O–H groups in total. The number of aromatic nitrogens is 1. The quantitative estimate of drug-likeness (QED) is 0.822. The van der Waals surface area contributed by atoms with E-state index in [0.717, 1.165) is 32.1 Å². The highest BCUT2D eigenvalue weighted by molar-refractivity contribution is 8.13. The number of aliphatic imine (C=N–C) groups is 1. The second-order valence-electron chi connectivity index (χ2n) is 4.65. The molecule has 1 aromatic carbocycles. The Bertz CT molecular complexity index is 644. The molecule has 98 valence electrons. The number of rotatable bonds is 1. The van der Waals surface area contributed by atoms with Crippen molar-refractivity contribution in [3.63, 3.8) is 0 Å². The van der Waals surface area contributed by atoms with Crippen LogP contribution in [0.4, 0.5) is 16.4 Å². The van der Waals surface area contributed by atoms with Gasteiger partial charge in [0.05, 0.1) is 16.4 Å². The Hall–Kier alpha value is -1.33. The van der Waals surface area contributed by atoms with Crippen LogP contribution in [0.3, 0.4) is 0 Å². The fourth-order valence-corrected chi connectivity index (χ4v) is 3.49. The molecule has 3 nitrogen and oxygen atoms in total. The molecule has 0 radical (unpaired) electrons. The lowest BCUT2D eigenvalue weighted by atomic mass is 10.2. The number of nitrogens with one attached hydrogen (secondary N) is 1. The number of hydrogen-bond acceptors (Lipinski definition) is 5. The van der Waals surface area contributed by atoms with Crippen LogP contribution in [0.2, 0.25) is 0 Å². The van der Waals surface area contributed by atoms with Crippen molar-refractivity contribution >= 4 is 44.5 Å². The van der Waals surface area contributed by atoms with Crippen molar-refractivity contribution in [3.8, 4) is 0 Å². The van der Waals surface area contributed by atoms with Crippen molar-refractivity contribution in [3.05, 3.63) is 35.0 Å². The highest BCUT2D eigenvalue weighted by Crippen LogP contribution is 2.40. The molecule has 19 heavy (non-hydrogen) atoms. The number of anilines is 2. The van der Waals surface area contributed by atoms with E-state index in [4.69, 9.17) is 9.98 Å². The summed E-state index contributed by atoms with van der Waals surface area (Å²) in [5.74, 6) is 0.442. The molecule has 2 aromatic rings. The first kappa shape index (κ1) is 12.7. The number of thioether (sulfide) groups is 1. The number of thiazole rings is 1. The lowest BCUT2D eigenvalue weighted by molar-refractivity contribution is 0.851. The second-order valence-corrected chi connectivity index (χ2v) is 6.47. The van der Waals surface area contributed by atoms with Crippen LogP contribution >= 0.6 is 23.1 Å². The summed E-state index contributed by atoms with van der Waals surface area (Å²) in [5.41, 5.74) is 3.01. The normalized spacial score (nSPS) is 13.4. The van der Waals surface area contributed by atoms with E-state index in [9.17, 15) is 0 Å². The maximum absolute atomic E-state index is 4.75. The first-order valence-corrected chi connectivity index (χ1v) is 8.23. The predicted octanol–water partition coefficient (Wildman–Crippen LogP) is 4.76. The zero-order valence-electron chi connectivity index (χ0n) is 11.1. The van der Waals surface area contributed by atoms with Crippen molar-refractivity contribution in [2.75, 3.05) is 11.6 Å². The summed E-state index contributed by atoms with van der Waals surface area (Å²) in [7, 11) is 0. The van der Waals surface area contributed by atoms with Crippen LogP contribution in [0.15, 0.2) is 29.3 Å². The minimum Gasteiger partial charge on any atom is -0.344 e. The van der Waals surface area contributed by atoms with E-state index >= 15 is 0 Å². The third-order valence-corrected chi connectivity index (χ3v) is 4.85. The molecule has 3 rings (SSSR count). The Kier molecular flexibility index (Phi) is 3.33. The van der Waals surface area contributed by atoms with E-state index < -0.39 is 0 Å². The van der Waals surface area contributed by atoms with Gasteiger partial charge in [0, 0.05) is 5.92 Å². The van der Waals surface area contributed by atoms with Crippen molar-refractivity contribution < 1.29 is 0 Å². The summed E-state index contributed by atoms with van der Waals surface area (Å²) < 4.78 is 0. The average molecular weight is 289 g/mol. The number of benzene rings is 1. The Morgan fingerprint density at radius 1 is 1.26 bits per heavy atom. The monoisotopic (exact) mass is 289 g/mol. The van der Waals surface area contributed by atoms with Gasteiger partial charge in [0.1, 0.15) is 15.7 Å². The summed E-state index contributed by atoms with van der Waals surface area (Å²) in [6.45, 7) is 4.34. The molecule has 0 saturated heterocycles. The highest BCUT2D eigenvalue weighted by atomic mass is 32.2. The largest absolute Gasteiger partial charge is 0.344 e. The number of hydrogen-bond donors (Lipinski definition) is 1. The Balaban J connectivity index is 2.17. The molecule has 0 bridgehead atoms.